The number of rotatable bonds is 4. The second-order valence-corrected chi connectivity index (χ2v) is 6.20. The molecule has 1 aromatic carbocycles. The van der Waals surface area contributed by atoms with E-state index in [1.165, 1.54) is 5.56 Å². The number of amides is 1. The molecule has 1 unspecified atom stereocenters. The van der Waals surface area contributed by atoms with E-state index in [2.05, 4.69) is 29.2 Å². The lowest BCUT2D eigenvalue weighted by molar-refractivity contribution is -0.135. The van der Waals surface area contributed by atoms with Crippen LogP contribution in [-0.4, -0.2) is 65.8 Å². The van der Waals surface area contributed by atoms with Crippen LogP contribution in [0.15, 0.2) is 30.3 Å². The van der Waals surface area contributed by atoms with E-state index in [1.807, 2.05) is 6.07 Å². The number of hydrogen-bond acceptors (Lipinski definition) is 4. The molecule has 1 aromatic rings. The van der Waals surface area contributed by atoms with Crippen LogP contribution in [0.25, 0.3) is 0 Å². The molecule has 0 radical (unpaired) electrons. The summed E-state index contributed by atoms with van der Waals surface area (Å²) in [5.41, 5.74) is 1.29. The highest BCUT2D eigenvalue weighted by molar-refractivity contribution is 5.77. The highest BCUT2D eigenvalue weighted by Gasteiger charge is 2.28. The van der Waals surface area contributed by atoms with Crippen LogP contribution >= 0.6 is 0 Å². The molecule has 2 aliphatic heterocycles. The van der Waals surface area contributed by atoms with Crippen LogP contribution in [-0.2, 0) is 16.1 Å². The minimum atomic E-state index is -0.356. The van der Waals surface area contributed by atoms with Gasteiger partial charge in [-0.15, -0.1) is 0 Å². The van der Waals surface area contributed by atoms with E-state index in [4.69, 9.17) is 4.74 Å². The number of ether oxygens (including phenoxy) is 1. The predicted octanol–water partition coefficient (Wildman–Crippen LogP) is 0.871. The third-order valence-corrected chi connectivity index (χ3v) is 4.39. The fourth-order valence-corrected chi connectivity index (χ4v) is 3.18. The summed E-state index contributed by atoms with van der Waals surface area (Å²) in [6, 6.07) is 10.4. The molecule has 5 heteroatoms. The molecule has 1 N–H and O–H groups in total. The molecule has 0 aliphatic carbocycles. The van der Waals surface area contributed by atoms with Crippen LogP contribution in [0.5, 0.6) is 0 Å². The van der Waals surface area contributed by atoms with Crippen molar-refractivity contribution < 1.29 is 14.6 Å². The number of β-amino-alcohol motifs (C(OH)–C–C–N with tert-alkyl or cyclic N) is 1. The van der Waals surface area contributed by atoms with Gasteiger partial charge >= 0.3 is 0 Å². The Balaban J connectivity index is 1.49. The number of hydrogen-bond donors (Lipinski definition) is 1. The van der Waals surface area contributed by atoms with Gasteiger partial charge in [0.2, 0.25) is 5.91 Å². The van der Waals surface area contributed by atoms with Crippen LogP contribution in [0.2, 0.25) is 0 Å². The Morgan fingerprint density at radius 2 is 2.05 bits per heavy atom. The molecular formula is C17H24N2O3. The standard InChI is InChI=1S/C17H24N2O3/c20-15-6-7-19(12-15)17(21)10-16-13-18(8-9-22-16)11-14-4-2-1-3-5-14/h1-5,15-16,20H,6-13H2/t15-,16?/m1/s1. The Kier molecular flexibility index (Phi) is 5.08. The monoisotopic (exact) mass is 304 g/mol. The van der Waals surface area contributed by atoms with Crippen molar-refractivity contribution in [1.29, 1.82) is 0 Å². The van der Waals surface area contributed by atoms with Crippen molar-refractivity contribution in [2.75, 3.05) is 32.8 Å². The average Bonchev–Trinajstić information content (AvgIpc) is 2.95. The number of benzene rings is 1. The third kappa shape index (κ3) is 4.06. The Morgan fingerprint density at radius 3 is 2.77 bits per heavy atom. The zero-order chi connectivity index (χ0) is 15.4. The van der Waals surface area contributed by atoms with Gasteiger partial charge in [0.15, 0.2) is 0 Å². The number of morpholine rings is 1. The number of likely N-dealkylation sites (tertiary alicyclic amines) is 1. The summed E-state index contributed by atoms with van der Waals surface area (Å²) in [4.78, 5) is 16.3. The van der Waals surface area contributed by atoms with E-state index in [1.54, 1.807) is 4.90 Å². The molecule has 2 saturated heterocycles. The van der Waals surface area contributed by atoms with E-state index in [0.29, 0.717) is 32.5 Å². The van der Waals surface area contributed by atoms with E-state index < -0.39 is 0 Å². The molecule has 3 rings (SSSR count). The molecule has 22 heavy (non-hydrogen) atoms. The Morgan fingerprint density at radius 1 is 1.23 bits per heavy atom. The zero-order valence-electron chi connectivity index (χ0n) is 12.9. The van der Waals surface area contributed by atoms with Gasteiger partial charge in [-0.1, -0.05) is 30.3 Å². The summed E-state index contributed by atoms with van der Waals surface area (Å²) in [7, 11) is 0. The SMILES string of the molecule is O=C(CC1CN(Cc2ccccc2)CCO1)N1CC[C@@H](O)C1. The topological polar surface area (TPSA) is 53.0 Å². The highest BCUT2D eigenvalue weighted by Crippen LogP contribution is 2.16. The summed E-state index contributed by atoms with van der Waals surface area (Å²) >= 11 is 0. The van der Waals surface area contributed by atoms with E-state index >= 15 is 0 Å². The second-order valence-electron chi connectivity index (χ2n) is 6.20. The minimum Gasteiger partial charge on any atom is -0.391 e. The first-order chi connectivity index (χ1) is 10.7. The fourth-order valence-electron chi connectivity index (χ4n) is 3.18. The van der Waals surface area contributed by atoms with Crippen LogP contribution in [0.1, 0.15) is 18.4 Å². The molecule has 5 nitrogen and oxygen atoms in total. The van der Waals surface area contributed by atoms with Crippen molar-refractivity contribution in [3.63, 3.8) is 0 Å². The van der Waals surface area contributed by atoms with Gasteiger partial charge in [-0.3, -0.25) is 9.69 Å². The number of aliphatic hydroxyl groups is 1. The van der Waals surface area contributed by atoms with Crippen molar-refractivity contribution in [3.8, 4) is 0 Å². The maximum absolute atomic E-state index is 12.2. The van der Waals surface area contributed by atoms with Crippen molar-refractivity contribution in [3.05, 3.63) is 35.9 Å². The lowest BCUT2D eigenvalue weighted by Gasteiger charge is -2.33. The lowest BCUT2D eigenvalue weighted by atomic mass is 10.1. The summed E-state index contributed by atoms with van der Waals surface area (Å²) in [5, 5.41) is 9.53. The summed E-state index contributed by atoms with van der Waals surface area (Å²) < 4.78 is 5.75. The molecule has 120 valence electrons. The quantitative estimate of drug-likeness (QED) is 0.897. The number of nitrogens with zero attached hydrogens (tertiary/aromatic N) is 2. The van der Waals surface area contributed by atoms with Gasteiger partial charge in [0, 0.05) is 32.7 Å². The Labute approximate surface area is 131 Å². The average molecular weight is 304 g/mol. The molecule has 1 amide bonds. The van der Waals surface area contributed by atoms with Gasteiger partial charge in [-0.2, -0.15) is 0 Å². The number of carbonyl (C=O) groups is 1. The first-order valence-electron chi connectivity index (χ1n) is 8.04. The largest absolute Gasteiger partial charge is 0.391 e. The smallest absolute Gasteiger partial charge is 0.225 e. The summed E-state index contributed by atoms with van der Waals surface area (Å²) in [6.45, 7) is 4.41. The molecule has 2 aliphatic rings. The summed E-state index contributed by atoms with van der Waals surface area (Å²) in [6.07, 6.45) is 0.712. The zero-order valence-corrected chi connectivity index (χ0v) is 12.9. The van der Waals surface area contributed by atoms with E-state index in [0.717, 1.165) is 19.6 Å². The Bertz CT molecular complexity index is 494. The normalized spacial score (nSPS) is 26.3. The minimum absolute atomic E-state index is 0.0392. The van der Waals surface area contributed by atoms with Crippen molar-refractivity contribution in [2.24, 2.45) is 0 Å². The molecule has 2 atom stereocenters. The van der Waals surface area contributed by atoms with Crippen LogP contribution in [0.4, 0.5) is 0 Å². The van der Waals surface area contributed by atoms with Crippen molar-refractivity contribution >= 4 is 5.91 Å². The molecule has 0 saturated carbocycles. The van der Waals surface area contributed by atoms with Crippen LogP contribution in [0.3, 0.4) is 0 Å². The summed E-state index contributed by atoms with van der Waals surface area (Å²) in [5.74, 6) is 0.100. The molecule has 0 spiro atoms. The lowest BCUT2D eigenvalue weighted by Crippen LogP contribution is -2.44. The van der Waals surface area contributed by atoms with Gasteiger partial charge < -0.3 is 14.7 Å². The number of carbonyl (C=O) groups excluding carboxylic acids is 1. The van der Waals surface area contributed by atoms with Crippen molar-refractivity contribution in [2.45, 2.75) is 31.6 Å². The van der Waals surface area contributed by atoms with Gasteiger partial charge in [-0.25, -0.2) is 0 Å². The van der Waals surface area contributed by atoms with Crippen LogP contribution in [0, 0.1) is 0 Å². The van der Waals surface area contributed by atoms with Gasteiger partial charge in [-0.05, 0) is 12.0 Å². The van der Waals surface area contributed by atoms with Gasteiger partial charge in [0.05, 0.1) is 25.2 Å². The first kappa shape index (κ1) is 15.5. The molecular weight excluding hydrogens is 280 g/mol. The fraction of sp³-hybridized carbons (Fsp3) is 0.588. The Hall–Kier alpha value is -1.43. The highest BCUT2D eigenvalue weighted by atomic mass is 16.5. The molecule has 0 bridgehead atoms. The van der Waals surface area contributed by atoms with Gasteiger partial charge in [0.1, 0.15) is 0 Å². The molecule has 2 heterocycles. The molecule has 0 aromatic heterocycles. The third-order valence-electron chi connectivity index (χ3n) is 4.39. The van der Waals surface area contributed by atoms with Crippen molar-refractivity contribution in [1.82, 2.24) is 9.80 Å². The number of aliphatic hydroxyl groups excluding tert-OH is 1. The maximum Gasteiger partial charge on any atom is 0.225 e. The molecule has 2 fully saturated rings. The van der Waals surface area contributed by atoms with E-state index in [-0.39, 0.29) is 18.1 Å². The van der Waals surface area contributed by atoms with E-state index in [9.17, 15) is 9.90 Å². The van der Waals surface area contributed by atoms with Crippen LogP contribution < -0.4 is 0 Å². The second kappa shape index (κ2) is 7.22. The predicted molar refractivity (Wildman–Crippen MR) is 83.3 cm³/mol. The maximum atomic E-state index is 12.2. The van der Waals surface area contributed by atoms with Gasteiger partial charge in [0.25, 0.3) is 0 Å². The first-order valence-corrected chi connectivity index (χ1v) is 8.04.